The summed E-state index contributed by atoms with van der Waals surface area (Å²) in [5.74, 6) is -0.0562. The van der Waals surface area contributed by atoms with E-state index in [1.807, 2.05) is 66.7 Å². The minimum atomic E-state index is -0.941. The molecule has 5 aromatic rings. The van der Waals surface area contributed by atoms with Gasteiger partial charge in [0.2, 0.25) is 17.7 Å². The molecule has 0 spiro atoms. The van der Waals surface area contributed by atoms with Crippen molar-refractivity contribution in [3.8, 4) is 0 Å². The summed E-state index contributed by atoms with van der Waals surface area (Å²) in [4.78, 5) is 46.4. The number of carbonyl (C=O) groups excluding carboxylic acids is 3. The van der Waals surface area contributed by atoms with E-state index in [9.17, 15) is 14.4 Å². The molecule has 2 atom stereocenters. The van der Waals surface area contributed by atoms with Gasteiger partial charge in [-0.05, 0) is 74.2 Å². The van der Waals surface area contributed by atoms with Crippen molar-refractivity contribution < 1.29 is 23.6 Å². The lowest BCUT2D eigenvalue weighted by Crippen LogP contribution is -2.49. The summed E-state index contributed by atoms with van der Waals surface area (Å²) in [6.07, 6.45) is 2.94. The minimum absolute atomic E-state index is 0.235. The van der Waals surface area contributed by atoms with Crippen LogP contribution in [0.25, 0.3) is 21.5 Å². The van der Waals surface area contributed by atoms with Crippen LogP contribution in [-0.4, -0.2) is 57.2 Å². The number of aromatic nitrogens is 2. The van der Waals surface area contributed by atoms with E-state index >= 15 is 0 Å². The summed E-state index contributed by atoms with van der Waals surface area (Å²) >= 11 is 0. The molecule has 4 aromatic carbocycles. The van der Waals surface area contributed by atoms with Crippen LogP contribution in [-0.2, 0) is 27.2 Å². The van der Waals surface area contributed by atoms with Crippen molar-refractivity contribution in [3.63, 3.8) is 0 Å². The lowest BCUT2D eigenvalue weighted by atomic mass is 9.98. The van der Waals surface area contributed by atoms with Crippen molar-refractivity contribution in [1.29, 1.82) is 0 Å². The van der Waals surface area contributed by atoms with Gasteiger partial charge in [-0.1, -0.05) is 96.2 Å². The van der Waals surface area contributed by atoms with Gasteiger partial charge >= 0.3 is 6.09 Å². The highest BCUT2D eigenvalue weighted by molar-refractivity contribution is 5.93. The molecule has 0 fully saturated rings. The zero-order valence-corrected chi connectivity index (χ0v) is 29.7. The monoisotopic (exact) mass is 675 g/mol. The van der Waals surface area contributed by atoms with Gasteiger partial charge in [-0.2, -0.15) is 4.98 Å². The fourth-order valence-electron chi connectivity index (χ4n) is 5.74. The quantitative estimate of drug-likeness (QED) is 0.144. The summed E-state index contributed by atoms with van der Waals surface area (Å²) < 4.78 is 11.0. The van der Waals surface area contributed by atoms with Crippen LogP contribution >= 0.6 is 0 Å². The Morgan fingerprint density at radius 1 is 0.840 bits per heavy atom. The number of nitrogens with one attached hydrogen (secondary N) is 2. The number of hydrogen-bond donors (Lipinski definition) is 2. The van der Waals surface area contributed by atoms with Gasteiger partial charge in [-0.15, -0.1) is 0 Å². The average molecular weight is 676 g/mol. The van der Waals surface area contributed by atoms with Crippen LogP contribution in [0.3, 0.4) is 0 Å². The second kappa shape index (κ2) is 14.9. The molecule has 2 N–H and O–H groups in total. The first-order valence-electron chi connectivity index (χ1n) is 16.7. The van der Waals surface area contributed by atoms with E-state index in [0.29, 0.717) is 18.1 Å². The van der Waals surface area contributed by atoms with Crippen molar-refractivity contribution in [2.24, 2.45) is 0 Å². The SMILES string of the molecule is Cc1noc(C(Cc2ccc3ccccc3c2)N(C)C(=O)C(Cc2ccc3ccccc3c2)NC(=O)/C=C/C(C)(C)NC(=O)OC(C)(C)C)n1. The smallest absolute Gasteiger partial charge is 0.408 e. The third-order valence-corrected chi connectivity index (χ3v) is 8.23. The first kappa shape index (κ1) is 35.8. The van der Waals surface area contributed by atoms with Gasteiger partial charge in [0.25, 0.3) is 0 Å². The lowest BCUT2D eigenvalue weighted by molar-refractivity contribution is -0.137. The number of alkyl carbamates (subject to hydrolysis) is 1. The van der Waals surface area contributed by atoms with Gasteiger partial charge in [0.1, 0.15) is 17.7 Å². The van der Waals surface area contributed by atoms with Gasteiger partial charge in [0, 0.05) is 26.0 Å². The zero-order chi connectivity index (χ0) is 36.1. The molecule has 1 heterocycles. The lowest BCUT2D eigenvalue weighted by Gasteiger charge is -2.30. The highest BCUT2D eigenvalue weighted by atomic mass is 16.6. The van der Waals surface area contributed by atoms with Gasteiger partial charge in [-0.25, -0.2) is 4.79 Å². The van der Waals surface area contributed by atoms with Gasteiger partial charge in [-0.3, -0.25) is 9.59 Å². The topological polar surface area (TPSA) is 127 Å². The van der Waals surface area contributed by atoms with Gasteiger partial charge in [0.05, 0.1) is 5.54 Å². The van der Waals surface area contributed by atoms with Crippen LogP contribution in [0.15, 0.2) is 102 Å². The Labute approximate surface area is 292 Å². The highest BCUT2D eigenvalue weighted by Crippen LogP contribution is 2.27. The molecular formula is C40H45N5O5. The first-order chi connectivity index (χ1) is 23.7. The molecule has 10 nitrogen and oxygen atoms in total. The Hall–Kier alpha value is -5.51. The van der Waals surface area contributed by atoms with E-state index in [1.54, 1.807) is 59.6 Å². The Bertz CT molecular complexity index is 2030. The average Bonchev–Trinajstić information content (AvgIpc) is 3.49. The molecule has 0 saturated carbocycles. The fourth-order valence-corrected chi connectivity index (χ4v) is 5.74. The predicted molar refractivity (Wildman–Crippen MR) is 194 cm³/mol. The number of amides is 3. The fraction of sp³-hybridized carbons (Fsp3) is 0.325. The highest BCUT2D eigenvalue weighted by Gasteiger charge is 2.33. The number of carbonyl (C=O) groups is 3. The molecule has 0 radical (unpaired) electrons. The Balaban J connectivity index is 1.42. The molecule has 0 aliphatic heterocycles. The van der Waals surface area contributed by atoms with E-state index < -0.39 is 35.2 Å². The molecule has 0 saturated heterocycles. The molecule has 3 amide bonds. The number of ether oxygens (including phenoxy) is 1. The van der Waals surface area contributed by atoms with E-state index in [1.165, 1.54) is 6.08 Å². The van der Waals surface area contributed by atoms with Crippen molar-refractivity contribution in [2.45, 2.75) is 77.6 Å². The number of benzene rings is 4. The molecular weight excluding hydrogens is 630 g/mol. The van der Waals surface area contributed by atoms with Crippen molar-refractivity contribution in [1.82, 2.24) is 25.7 Å². The minimum Gasteiger partial charge on any atom is -0.444 e. The third-order valence-electron chi connectivity index (χ3n) is 8.23. The summed E-state index contributed by atoms with van der Waals surface area (Å²) in [5, 5.41) is 14.0. The molecule has 1 aromatic heterocycles. The van der Waals surface area contributed by atoms with Crippen molar-refractivity contribution >= 4 is 39.5 Å². The van der Waals surface area contributed by atoms with Crippen LogP contribution < -0.4 is 10.6 Å². The maximum absolute atomic E-state index is 14.5. The molecule has 0 aliphatic rings. The predicted octanol–water partition coefficient (Wildman–Crippen LogP) is 7.01. The second-order valence-corrected chi connectivity index (χ2v) is 14.2. The van der Waals surface area contributed by atoms with Crippen LogP contribution in [0.5, 0.6) is 0 Å². The maximum Gasteiger partial charge on any atom is 0.408 e. The molecule has 5 rings (SSSR count). The zero-order valence-electron chi connectivity index (χ0n) is 29.7. The number of hydrogen-bond acceptors (Lipinski definition) is 7. The number of aryl methyl sites for hydroxylation is 1. The maximum atomic E-state index is 14.5. The first-order valence-corrected chi connectivity index (χ1v) is 16.7. The largest absolute Gasteiger partial charge is 0.444 e. The van der Waals surface area contributed by atoms with Crippen LogP contribution in [0.4, 0.5) is 4.79 Å². The number of rotatable bonds is 11. The van der Waals surface area contributed by atoms with Gasteiger partial charge < -0.3 is 24.8 Å². The summed E-state index contributed by atoms with van der Waals surface area (Å²) in [7, 11) is 1.69. The summed E-state index contributed by atoms with van der Waals surface area (Å²) in [6, 6.07) is 26.7. The normalized spacial score (nSPS) is 13.3. The standard InChI is InChI=1S/C40H45N5O5/c1-26-41-36(50-44-26)34(25-28-17-19-30-13-9-11-15-32(30)23-28)45(7)37(47)33(24-27-16-18-29-12-8-10-14-31(29)22-27)42-35(46)20-21-40(5,6)43-38(48)49-39(2,3)4/h8-23,33-34H,24-25H2,1-7H3,(H,42,46)(H,43,48)/b21-20+. The van der Waals surface area contributed by atoms with Crippen LogP contribution in [0.1, 0.15) is 63.5 Å². The summed E-state index contributed by atoms with van der Waals surface area (Å²) in [6.45, 7) is 10.6. The molecule has 10 heteroatoms. The molecule has 50 heavy (non-hydrogen) atoms. The Morgan fingerprint density at radius 2 is 1.40 bits per heavy atom. The van der Waals surface area contributed by atoms with Crippen molar-refractivity contribution in [2.75, 3.05) is 7.05 Å². The van der Waals surface area contributed by atoms with Crippen molar-refractivity contribution in [3.05, 3.63) is 120 Å². The Morgan fingerprint density at radius 3 is 1.94 bits per heavy atom. The molecule has 260 valence electrons. The summed E-state index contributed by atoms with van der Waals surface area (Å²) in [5.41, 5.74) is 0.290. The Kier molecular flexibility index (Phi) is 10.7. The molecule has 0 bridgehead atoms. The van der Waals surface area contributed by atoms with Crippen LogP contribution in [0, 0.1) is 6.92 Å². The second-order valence-electron chi connectivity index (χ2n) is 14.2. The number of nitrogens with zero attached hydrogens (tertiary/aromatic N) is 3. The van der Waals surface area contributed by atoms with E-state index in [2.05, 4.69) is 39.0 Å². The van der Waals surface area contributed by atoms with Crippen LogP contribution in [0.2, 0.25) is 0 Å². The van der Waals surface area contributed by atoms with E-state index in [4.69, 9.17) is 9.26 Å². The van der Waals surface area contributed by atoms with E-state index in [0.717, 1.165) is 32.7 Å². The third kappa shape index (κ3) is 9.56. The van der Waals surface area contributed by atoms with Gasteiger partial charge in [0.15, 0.2) is 5.82 Å². The number of fused-ring (bicyclic) bond motifs is 2. The van der Waals surface area contributed by atoms with E-state index in [-0.39, 0.29) is 12.3 Å². The molecule has 2 unspecified atom stereocenters. The molecule has 0 aliphatic carbocycles. The number of likely N-dealkylation sites (N-methyl/N-ethyl adjacent to an activating group) is 1.